The van der Waals surface area contributed by atoms with Crippen LogP contribution in [0.1, 0.15) is 17.5 Å². The molecule has 0 unspecified atom stereocenters. The van der Waals surface area contributed by atoms with Gasteiger partial charge in [0.1, 0.15) is 11.3 Å². The van der Waals surface area contributed by atoms with E-state index in [-0.39, 0.29) is 6.10 Å². The first-order chi connectivity index (χ1) is 13.7. The summed E-state index contributed by atoms with van der Waals surface area (Å²) in [6.07, 6.45) is 2.72. The standard InChI is InChI=1S/C23H23N3O2/c27-20-10-11-25(16-20)14-19-15-26(13-17-6-2-1-3-7-17)24-23(19)22-12-18-8-4-5-9-21(18)28-22/h1-9,12,15,20,27H,10-11,13-14,16H2/t20-/m1/s1. The van der Waals surface area contributed by atoms with Crippen LogP contribution in [0.5, 0.6) is 0 Å². The second-order valence-electron chi connectivity index (χ2n) is 7.51. The van der Waals surface area contributed by atoms with E-state index in [0.717, 1.165) is 54.0 Å². The largest absolute Gasteiger partial charge is 0.454 e. The number of furan rings is 1. The van der Waals surface area contributed by atoms with Crippen LogP contribution in [0.15, 0.2) is 71.3 Å². The highest BCUT2D eigenvalue weighted by atomic mass is 16.3. The van der Waals surface area contributed by atoms with E-state index < -0.39 is 0 Å². The van der Waals surface area contributed by atoms with Gasteiger partial charge in [-0.15, -0.1) is 0 Å². The minimum atomic E-state index is -0.228. The Balaban J connectivity index is 1.51. The number of β-amino-alcohol motifs (C(OH)–C–C–N with tert-alkyl or cyclic N) is 1. The van der Waals surface area contributed by atoms with Crippen molar-refractivity contribution in [3.63, 3.8) is 0 Å². The number of fused-ring (bicyclic) bond motifs is 1. The molecular formula is C23H23N3O2. The highest BCUT2D eigenvalue weighted by molar-refractivity contribution is 5.82. The first kappa shape index (κ1) is 17.2. The second kappa shape index (κ2) is 7.26. The molecule has 2 aromatic heterocycles. The van der Waals surface area contributed by atoms with Crippen LogP contribution >= 0.6 is 0 Å². The number of rotatable bonds is 5. The van der Waals surface area contributed by atoms with E-state index in [1.54, 1.807) is 0 Å². The zero-order chi connectivity index (χ0) is 18.9. The number of nitrogens with zero attached hydrogens (tertiary/aromatic N) is 3. The molecule has 0 aliphatic carbocycles. The van der Waals surface area contributed by atoms with Crippen LogP contribution in [0.25, 0.3) is 22.4 Å². The van der Waals surface area contributed by atoms with Gasteiger partial charge in [-0.25, -0.2) is 0 Å². The molecule has 0 bridgehead atoms. The number of hydrogen-bond donors (Lipinski definition) is 1. The fraction of sp³-hybridized carbons (Fsp3) is 0.261. The van der Waals surface area contributed by atoms with Gasteiger partial charge >= 0.3 is 0 Å². The fourth-order valence-electron chi connectivity index (χ4n) is 3.93. The maximum Gasteiger partial charge on any atom is 0.156 e. The van der Waals surface area contributed by atoms with Crippen molar-refractivity contribution in [1.29, 1.82) is 0 Å². The molecule has 28 heavy (non-hydrogen) atoms. The Bertz CT molecular complexity index is 1050. The Kier molecular flexibility index (Phi) is 4.47. The van der Waals surface area contributed by atoms with Gasteiger partial charge in [0.2, 0.25) is 0 Å². The smallest absolute Gasteiger partial charge is 0.156 e. The summed E-state index contributed by atoms with van der Waals surface area (Å²) in [4.78, 5) is 2.28. The SMILES string of the molecule is O[C@@H]1CCN(Cc2cn(Cc3ccccc3)nc2-c2cc3ccccc3o2)C1. The van der Waals surface area contributed by atoms with E-state index in [1.807, 2.05) is 41.1 Å². The molecule has 142 valence electrons. The fourth-order valence-corrected chi connectivity index (χ4v) is 3.93. The van der Waals surface area contributed by atoms with Crippen molar-refractivity contribution in [2.45, 2.75) is 25.6 Å². The Morgan fingerprint density at radius 1 is 1.04 bits per heavy atom. The van der Waals surface area contributed by atoms with Gasteiger partial charge in [-0.2, -0.15) is 5.10 Å². The van der Waals surface area contributed by atoms with Crippen molar-refractivity contribution in [3.8, 4) is 11.5 Å². The Morgan fingerprint density at radius 2 is 1.86 bits per heavy atom. The van der Waals surface area contributed by atoms with Gasteiger partial charge in [-0.1, -0.05) is 48.5 Å². The van der Waals surface area contributed by atoms with Crippen molar-refractivity contribution in [2.24, 2.45) is 0 Å². The summed E-state index contributed by atoms with van der Waals surface area (Å²) < 4.78 is 8.09. The van der Waals surface area contributed by atoms with Gasteiger partial charge in [0, 0.05) is 36.8 Å². The molecule has 2 aromatic carbocycles. The van der Waals surface area contributed by atoms with E-state index in [9.17, 15) is 5.11 Å². The van der Waals surface area contributed by atoms with E-state index in [0.29, 0.717) is 6.54 Å². The number of aliphatic hydroxyl groups excluding tert-OH is 1. The summed E-state index contributed by atoms with van der Waals surface area (Å²) in [5.41, 5.74) is 4.10. The molecule has 0 saturated carbocycles. The lowest BCUT2D eigenvalue weighted by Crippen LogP contribution is -2.21. The van der Waals surface area contributed by atoms with Gasteiger partial charge in [0.25, 0.3) is 0 Å². The molecule has 1 aliphatic rings. The van der Waals surface area contributed by atoms with E-state index >= 15 is 0 Å². The minimum Gasteiger partial charge on any atom is -0.454 e. The molecule has 1 N–H and O–H groups in total. The monoisotopic (exact) mass is 373 g/mol. The summed E-state index contributed by atoms with van der Waals surface area (Å²) in [6.45, 7) is 3.10. The molecular weight excluding hydrogens is 350 g/mol. The topological polar surface area (TPSA) is 54.4 Å². The molecule has 1 aliphatic heterocycles. The van der Waals surface area contributed by atoms with Crippen LogP contribution in [0.4, 0.5) is 0 Å². The summed E-state index contributed by atoms with van der Waals surface area (Å²) in [5.74, 6) is 0.794. The number of aliphatic hydroxyl groups is 1. The van der Waals surface area contributed by atoms with Crippen molar-refractivity contribution >= 4 is 11.0 Å². The van der Waals surface area contributed by atoms with Crippen molar-refractivity contribution < 1.29 is 9.52 Å². The lowest BCUT2D eigenvalue weighted by atomic mass is 10.2. The summed E-state index contributed by atoms with van der Waals surface area (Å²) in [6, 6.07) is 20.4. The predicted molar refractivity (Wildman–Crippen MR) is 109 cm³/mol. The van der Waals surface area contributed by atoms with Crippen molar-refractivity contribution in [1.82, 2.24) is 14.7 Å². The Labute approximate surface area is 163 Å². The summed E-state index contributed by atoms with van der Waals surface area (Å²) in [5, 5.41) is 15.8. The molecule has 1 saturated heterocycles. The molecule has 0 amide bonds. The van der Waals surface area contributed by atoms with Gasteiger partial charge in [-0.05, 0) is 24.1 Å². The van der Waals surface area contributed by atoms with Crippen LogP contribution < -0.4 is 0 Å². The average Bonchev–Trinajstić information content (AvgIpc) is 3.41. The molecule has 0 spiro atoms. The van der Waals surface area contributed by atoms with Crippen molar-refractivity contribution in [2.75, 3.05) is 13.1 Å². The second-order valence-corrected chi connectivity index (χ2v) is 7.51. The van der Waals surface area contributed by atoms with Crippen LogP contribution in [0.2, 0.25) is 0 Å². The maximum absolute atomic E-state index is 9.88. The third-order valence-corrected chi connectivity index (χ3v) is 5.33. The molecule has 5 heteroatoms. The zero-order valence-electron chi connectivity index (χ0n) is 15.7. The molecule has 1 atom stereocenters. The van der Waals surface area contributed by atoms with E-state index in [1.165, 1.54) is 5.56 Å². The maximum atomic E-state index is 9.88. The van der Waals surface area contributed by atoms with Gasteiger partial charge in [0.05, 0.1) is 12.6 Å². The Hall–Kier alpha value is -2.89. The molecule has 4 aromatic rings. The van der Waals surface area contributed by atoms with E-state index in [2.05, 4.69) is 35.4 Å². The quantitative estimate of drug-likeness (QED) is 0.576. The van der Waals surface area contributed by atoms with Crippen LogP contribution in [-0.4, -0.2) is 39.0 Å². The highest BCUT2D eigenvalue weighted by Crippen LogP contribution is 2.30. The van der Waals surface area contributed by atoms with E-state index in [4.69, 9.17) is 9.52 Å². The Morgan fingerprint density at radius 3 is 2.64 bits per heavy atom. The highest BCUT2D eigenvalue weighted by Gasteiger charge is 2.23. The van der Waals surface area contributed by atoms with Crippen LogP contribution in [-0.2, 0) is 13.1 Å². The molecule has 5 nitrogen and oxygen atoms in total. The van der Waals surface area contributed by atoms with Crippen LogP contribution in [0, 0.1) is 0 Å². The summed E-state index contributed by atoms with van der Waals surface area (Å²) in [7, 11) is 0. The van der Waals surface area contributed by atoms with Gasteiger partial charge < -0.3 is 9.52 Å². The lowest BCUT2D eigenvalue weighted by molar-refractivity contribution is 0.175. The molecule has 1 fully saturated rings. The number of likely N-dealkylation sites (tertiary alicyclic amines) is 1. The molecule has 0 radical (unpaired) electrons. The first-order valence-electron chi connectivity index (χ1n) is 9.74. The third kappa shape index (κ3) is 3.46. The molecule has 3 heterocycles. The molecule has 5 rings (SSSR count). The first-order valence-corrected chi connectivity index (χ1v) is 9.74. The summed E-state index contributed by atoms with van der Waals surface area (Å²) >= 11 is 0. The lowest BCUT2D eigenvalue weighted by Gasteiger charge is -2.14. The third-order valence-electron chi connectivity index (χ3n) is 5.33. The predicted octanol–water partition coefficient (Wildman–Crippen LogP) is 3.91. The van der Waals surface area contributed by atoms with Crippen molar-refractivity contribution in [3.05, 3.63) is 78.0 Å². The number of hydrogen-bond acceptors (Lipinski definition) is 4. The minimum absolute atomic E-state index is 0.228. The normalized spacial score (nSPS) is 17.5. The number of para-hydroxylation sites is 1. The van der Waals surface area contributed by atoms with Crippen LogP contribution in [0.3, 0.4) is 0 Å². The van der Waals surface area contributed by atoms with Gasteiger partial charge in [-0.3, -0.25) is 9.58 Å². The average molecular weight is 373 g/mol. The number of aromatic nitrogens is 2. The number of benzene rings is 2. The van der Waals surface area contributed by atoms with Gasteiger partial charge in [0.15, 0.2) is 5.76 Å². The zero-order valence-corrected chi connectivity index (χ0v) is 15.7.